The Hall–Kier alpha value is -2.82. The van der Waals surface area contributed by atoms with Gasteiger partial charge in [0.1, 0.15) is 11.8 Å². The number of nitrogens with one attached hydrogen (secondary N) is 2. The van der Waals surface area contributed by atoms with Gasteiger partial charge in [0.05, 0.1) is 12.8 Å². The van der Waals surface area contributed by atoms with Crippen LogP contribution in [0.15, 0.2) is 48.5 Å². The zero-order valence-corrected chi connectivity index (χ0v) is 13.4. The molecular weight excluding hydrogens is 292 g/mol. The lowest BCUT2D eigenvalue weighted by Gasteiger charge is -2.17. The highest BCUT2D eigenvalue weighted by Crippen LogP contribution is 2.24. The van der Waals surface area contributed by atoms with Gasteiger partial charge >= 0.3 is 0 Å². The van der Waals surface area contributed by atoms with Gasteiger partial charge in [-0.15, -0.1) is 0 Å². The first-order valence-corrected chi connectivity index (χ1v) is 7.32. The van der Waals surface area contributed by atoms with E-state index in [1.807, 2.05) is 24.3 Å². The van der Waals surface area contributed by atoms with Crippen LogP contribution in [-0.2, 0) is 4.79 Å². The van der Waals surface area contributed by atoms with Gasteiger partial charge in [-0.05, 0) is 50.2 Å². The van der Waals surface area contributed by atoms with Crippen LogP contribution in [0.4, 0.5) is 11.4 Å². The zero-order chi connectivity index (χ0) is 16.8. The van der Waals surface area contributed by atoms with E-state index in [2.05, 4.69) is 10.6 Å². The third-order valence-corrected chi connectivity index (χ3v) is 3.43. The Bertz CT molecular complexity index is 696. The van der Waals surface area contributed by atoms with Gasteiger partial charge in [0.25, 0.3) is 0 Å². The topological polar surface area (TPSA) is 67.4 Å². The molecule has 5 nitrogen and oxygen atoms in total. The van der Waals surface area contributed by atoms with E-state index in [4.69, 9.17) is 4.74 Å². The summed E-state index contributed by atoms with van der Waals surface area (Å²) in [7, 11) is 1.59. The molecule has 1 atom stereocenters. The average molecular weight is 312 g/mol. The van der Waals surface area contributed by atoms with Crippen LogP contribution < -0.4 is 15.4 Å². The molecule has 0 fully saturated rings. The van der Waals surface area contributed by atoms with Crippen molar-refractivity contribution in [1.29, 1.82) is 0 Å². The fourth-order valence-corrected chi connectivity index (χ4v) is 2.10. The van der Waals surface area contributed by atoms with E-state index in [9.17, 15) is 9.59 Å². The molecule has 0 bridgehead atoms. The van der Waals surface area contributed by atoms with Gasteiger partial charge in [-0.3, -0.25) is 9.59 Å². The quantitative estimate of drug-likeness (QED) is 0.803. The molecule has 0 unspecified atom stereocenters. The van der Waals surface area contributed by atoms with Crippen LogP contribution in [0.25, 0.3) is 0 Å². The Morgan fingerprint density at radius 3 is 2.30 bits per heavy atom. The summed E-state index contributed by atoms with van der Waals surface area (Å²) in [5.74, 6) is 0.499. The largest absolute Gasteiger partial charge is 0.495 e. The lowest BCUT2D eigenvalue weighted by molar-refractivity contribution is -0.116. The Kier molecular flexibility index (Phi) is 5.36. The predicted octanol–water partition coefficient (Wildman–Crippen LogP) is 3.34. The lowest BCUT2D eigenvalue weighted by atomic mass is 10.1. The molecule has 2 aromatic rings. The number of anilines is 2. The van der Waals surface area contributed by atoms with Crippen LogP contribution in [0, 0.1) is 0 Å². The summed E-state index contributed by atoms with van der Waals surface area (Å²) in [5, 5.41) is 5.93. The molecule has 23 heavy (non-hydrogen) atoms. The number of carbonyl (C=O) groups excluding carboxylic acids is 2. The first-order valence-electron chi connectivity index (χ1n) is 7.32. The molecule has 0 spiro atoms. The van der Waals surface area contributed by atoms with E-state index < -0.39 is 6.04 Å². The minimum atomic E-state index is -0.446. The summed E-state index contributed by atoms with van der Waals surface area (Å²) in [5.41, 5.74) is 2.02. The summed E-state index contributed by atoms with van der Waals surface area (Å²) in [6.07, 6.45) is 0. The molecule has 0 aliphatic heterocycles. The highest BCUT2D eigenvalue weighted by molar-refractivity contribution is 5.98. The molecule has 0 saturated carbocycles. The van der Waals surface area contributed by atoms with E-state index in [1.165, 1.54) is 6.92 Å². The van der Waals surface area contributed by atoms with Gasteiger partial charge in [-0.2, -0.15) is 0 Å². The van der Waals surface area contributed by atoms with E-state index in [0.717, 1.165) is 5.69 Å². The van der Waals surface area contributed by atoms with Crippen LogP contribution in [0.5, 0.6) is 5.75 Å². The summed E-state index contributed by atoms with van der Waals surface area (Å²) < 4.78 is 5.25. The van der Waals surface area contributed by atoms with Crippen molar-refractivity contribution in [2.75, 3.05) is 17.7 Å². The molecule has 0 heterocycles. The second-order valence-corrected chi connectivity index (χ2v) is 5.19. The van der Waals surface area contributed by atoms with Crippen molar-refractivity contribution in [1.82, 2.24) is 0 Å². The van der Waals surface area contributed by atoms with Gasteiger partial charge in [-0.1, -0.05) is 12.1 Å². The lowest BCUT2D eigenvalue weighted by Crippen LogP contribution is -2.32. The van der Waals surface area contributed by atoms with E-state index >= 15 is 0 Å². The van der Waals surface area contributed by atoms with Crippen LogP contribution in [0.3, 0.4) is 0 Å². The Morgan fingerprint density at radius 1 is 1.04 bits per heavy atom. The van der Waals surface area contributed by atoms with E-state index in [1.54, 1.807) is 38.3 Å². The smallest absolute Gasteiger partial charge is 0.246 e. The van der Waals surface area contributed by atoms with E-state index in [0.29, 0.717) is 17.0 Å². The maximum atomic E-state index is 12.3. The standard InChI is InChI=1S/C18H20N2O3/c1-12(19-16-6-4-5-7-17(16)23-3)18(22)20-15-10-8-14(9-11-15)13(2)21/h4-12,19H,1-3H3,(H,20,22)/t12-/m1/s1. The summed E-state index contributed by atoms with van der Waals surface area (Å²) in [6.45, 7) is 3.28. The Balaban J connectivity index is 2.01. The van der Waals surface area contributed by atoms with Crippen LogP contribution in [-0.4, -0.2) is 24.8 Å². The van der Waals surface area contributed by atoms with Crippen molar-refractivity contribution in [2.24, 2.45) is 0 Å². The number of amides is 1. The third-order valence-electron chi connectivity index (χ3n) is 3.43. The summed E-state index contributed by atoms with van der Waals surface area (Å²) >= 11 is 0. The SMILES string of the molecule is COc1ccccc1N[C@H](C)C(=O)Nc1ccc(C(C)=O)cc1. The number of Topliss-reactive ketones (excluding diaryl/α,β-unsaturated/α-hetero) is 1. The van der Waals surface area contributed by atoms with Crippen molar-refractivity contribution in [3.63, 3.8) is 0 Å². The van der Waals surface area contributed by atoms with Crippen molar-refractivity contribution < 1.29 is 14.3 Å². The first kappa shape index (κ1) is 16.5. The average Bonchev–Trinajstić information content (AvgIpc) is 2.55. The summed E-state index contributed by atoms with van der Waals surface area (Å²) in [6, 6.07) is 13.8. The first-order chi connectivity index (χ1) is 11.0. The normalized spacial score (nSPS) is 11.4. The Labute approximate surface area is 135 Å². The van der Waals surface area contributed by atoms with E-state index in [-0.39, 0.29) is 11.7 Å². The highest BCUT2D eigenvalue weighted by Gasteiger charge is 2.14. The molecule has 0 aliphatic carbocycles. The molecule has 0 aromatic heterocycles. The number of hydrogen-bond acceptors (Lipinski definition) is 4. The molecule has 2 aromatic carbocycles. The third kappa shape index (κ3) is 4.32. The van der Waals surface area contributed by atoms with Crippen molar-refractivity contribution in [2.45, 2.75) is 19.9 Å². The number of carbonyl (C=O) groups is 2. The molecule has 5 heteroatoms. The predicted molar refractivity (Wildman–Crippen MR) is 91.2 cm³/mol. The molecule has 1 amide bonds. The molecule has 2 rings (SSSR count). The molecule has 0 aliphatic rings. The van der Waals surface area contributed by atoms with Crippen LogP contribution >= 0.6 is 0 Å². The summed E-state index contributed by atoms with van der Waals surface area (Å²) in [4.78, 5) is 23.5. The van der Waals surface area contributed by atoms with Crippen molar-refractivity contribution in [3.8, 4) is 5.75 Å². The van der Waals surface area contributed by atoms with Gasteiger partial charge in [-0.25, -0.2) is 0 Å². The minimum Gasteiger partial charge on any atom is -0.495 e. The van der Waals surface area contributed by atoms with Crippen molar-refractivity contribution >= 4 is 23.1 Å². The second-order valence-electron chi connectivity index (χ2n) is 5.19. The van der Waals surface area contributed by atoms with Crippen molar-refractivity contribution in [3.05, 3.63) is 54.1 Å². The van der Waals surface area contributed by atoms with Crippen LogP contribution in [0.2, 0.25) is 0 Å². The molecular formula is C18H20N2O3. The highest BCUT2D eigenvalue weighted by atomic mass is 16.5. The number of para-hydroxylation sites is 2. The fourth-order valence-electron chi connectivity index (χ4n) is 2.10. The molecule has 2 N–H and O–H groups in total. The molecule has 0 radical (unpaired) electrons. The number of ether oxygens (including phenoxy) is 1. The van der Waals surface area contributed by atoms with Gasteiger partial charge in [0.2, 0.25) is 5.91 Å². The van der Waals surface area contributed by atoms with Gasteiger partial charge < -0.3 is 15.4 Å². The molecule has 120 valence electrons. The second kappa shape index (κ2) is 7.45. The maximum Gasteiger partial charge on any atom is 0.246 e. The minimum absolute atomic E-state index is 0.00548. The maximum absolute atomic E-state index is 12.3. The number of rotatable bonds is 6. The number of methoxy groups -OCH3 is 1. The van der Waals surface area contributed by atoms with Gasteiger partial charge in [0.15, 0.2) is 5.78 Å². The van der Waals surface area contributed by atoms with Gasteiger partial charge in [0, 0.05) is 11.3 Å². The Morgan fingerprint density at radius 2 is 1.70 bits per heavy atom. The monoisotopic (exact) mass is 312 g/mol. The number of hydrogen-bond donors (Lipinski definition) is 2. The molecule has 0 saturated heterocycles. The zero-order valence-electron chi connectivity index (χ0n) is 13.4. The number of ketones is 1. The van der Waals surface area contributed by atoms with Crippen LogP contribution in [0.1, 0.15) is 24.2 Å². The number of benzene rings is 2. The fraction of sp³-hybridized carbons (Fsp3) is 0.222.